The molecule has 0 N–H and O–H groups in total. The van der Waals surface area contributed by atoms with Crippen molar-refractivity contribution in [2.24, 2.45) is 0 Å². The molecular weight excluding hydrogens is 443 g/mol. The van der Waals surface area contributed by atoms with E-state index < -0.39 is 60.9 Å². The second kappa shape index (κ2) is 7.90. The van der Waals surface area contributed by atoms with Gasteiger partial charge in [-0.15, -0.1) is 0 Å². The number of nitro benzene ring substituents is 3. The first-order valence-corrected chi connectivity index (χ1v) is 8.34. The van der Waals surface area contributed by atoms with Gasteiger partial charge in [-0.05, 0) is 16.8 Å². The zero-order valence-corrected chi connectivity index (χ0v) is 15.4. The van der Waals surface area contributed by atoms with Crippen molar-refractivity contribution < 1.29 is 37.5 Å². The van der Waals surface area contributed by atoms with Crippen LogP contribution in [-0.4, -0.2) is 26.9 Å². The van der Waals surface area contributed by atoms with Crippen LogP contribution < -0.4 is 4.74 Å². The molecule has 0 heterocycles. The van der Waals surface area contributed by atoms with Crippen molar-refractivity contribution in [1.82, 2.24) is 0 Å². The fourth-order valence-electron chi connectivity index (χ4n) is 3.00. The Hall–Kier alpha value is -4.62. The first-order chi connectivity index (χ1) is 14.9. The van der Waals surface area contributed by atoms with E-state index in [1.54, 1.807) is 0 Å². The number of non-ortho nitro benzene ring substituents is 1. The normalized spacial score (nSPS) is 11.2. The quantitative estimate of drug-likeness (QED) is 0.234. The molecule has 0 bridgehead atoms. The van der Waals surface area contributed by atoms with Gasteiger partial charge in [-0.25, -0.2) is 4.79 Å². The average Bonchev–Trinajstić information content (AvgIpc) is 2.71. The standard InChI is InChI=1S/C18H8F3N3O8/c19-18(20,21)17(25)32-14-6-5-9-3-1-2-4-11(9)15(14)16-12(23(28)29)7-10(22(26)27)8-13(16)24(30)31/h1-8H. The fourth-order valence-corrected chi connectivity index (χ4v) is 3.00. The number of fused-ring (bicyclic) bond motifs is 1. The topological polar surface area (TPSA) is 156 Å². The van der Waals surface area contributed by atoms with Crippen LogP contribution >= 0.6 is 0 Å². The molecule has 0 unspecified atom stereocenters. The molecule has 0 fully saturated rings. The van der Waals surface area contributed by atoms with Gasteiger partial charge in [0.25, 0.3) is 17.1 Å². The first-order valence-electron chi connectivity index (χ1n) is 8.34. The van der Waals surface area contributed by atoms with Gasteiger partial charge in [0.05, 0.1) is 26.9 Å². The van der Waals surface area contributed by atoms with Gasteiger partial charge in [-0.2, -0.15) is 13.2 Å². The van der Waals surface area contributed by atoms with Gasteiger partial charge in [0.2, 0.25) is 0 Å². The molecule has 3 aromatic rings. The molecule has 0 radical (unpaired) electrons. The fraction of sp³-hybridized carbons (Fsp3) is 0.0556. The van der Waals surface area contributed by atoms with Crippen LogP contribution in [0.25, 0.3) is 21.9 Å². The van der Waals surface area contributed by atoms with Crippen molar-refractivity contribution in [2.75, 3.05) is 0 Å². The molecule has 32 heavy (non-hydrogen) atoms. The highest BCUT2D eigenvalue weighted by atomic mass is 19.4. The van der Waals surface area contributed by atoms with Crippen molar-refractivity contribution in [1.29, 1.82) is 0 Å². The number of carbonyl (C=O) groups is 1. The third-order valence-corrected chi connectivity index (χ3v) is 4.26. The van der Waals surface area contributed by atoms with Crippen LogP contribution in [-0.2, 0) is 4.79 Å². The molecule has 164 valence electrons. The molecule has 0 aliphatic heterocycles. The van der Waals surface area contributed by atoms with E-state index in [4.69, 9.17) is 0 Å². The Morgan fingerprint density at radius 1 is 0.812 bits per heavy atom. The summed E-state index contributed by atoms with van der Waals surface area (Å²) < 4.78 is 42.7. The molecular formula is C18H8F3N3O8. The maximum atomic E-state index is 12.8. The van der Waals surface area contributed by atoms with Crippen LogP contribution in [0.15, 0.2) is 48.5 Å². The van der Waals surface area contributed by atoms with Crippen LogP contribution in [0.2, 0.25) is 0 Å². The highest BCUT2D eigenvalue weighted by molar-refractivity contribution is 6.05. The number of halogens is 3. The van der Waals surface area contributed by atoms with E-state index in [9.17, 15) is 48.3 Å². The SMILES string of the molecule is O=C(Oc1ccc2ccccc2c1-c1c([N+](=O)[O-])cc([N+](=O)[O-])cc1[N+](=O)[O-])C(F)(F)F. The summed E-state index contributed by atoms with van der Waals surface area (Å²) in [7, 11) is 0. The number of ether oxygens (including phenoxy) is 1. The molecule has 11 nitrogen and oxygen atoms in total. The van der Waals surface area contributed by atoms with Gasteiger partial charge >= 0.3 is 12.1 Å². The summed E-state index contributed by atoms with van der Waals surface area (Å²) in [6.45, 7) is 0. The number of hydrogen-bond acceptors (Lipinski definition) is 8. The second-order valence-electron chi connectivity index (χ2n) is 6.18. The smallest absolute Gasteiger partial charge is 0.419 e. The molecule has 14 heteroatoms. The molecule has 0 atom stereocenters. The average molecular weight is 451 g/mol. The van der Waals surface area contributed by atoms with Crippen molar-refractivity contribution in [3.63, 3.8) is 0 Å². The summed E-state index contributed by atoms with van der Waals surface area (Å²) >= 11 is 0. The third-order valence-electron chi connectivity index (χ3n) is 4.26. The largest absolute Gasteiger partial charge is 0.491 e. The molecule has 0 aliphatic carbocycles. The predicted molar refractivity (Wildman–Crippen MR) is 101 cm³/mol. The Bertz CT molecular complexity index is 1270. The van der Waals surface area contributed by atoms with E-state index in [2.05, 4.69) is 4.74 Å². The van der Waals surface area contributed by atoms with E-state index in [1.165, 1.54) is 30.3 Å². The summed E-state index contributed by atoms with van der Waals surface area (Å²) in [5.41, 5.74) is -4.68. The Kier molecular flexibility index (Phi) is 5.45. The van der Waals surface area contributed by atoms with Crippen molar-refractivity contribution >= 4 is 33.8 Å². The highest BCUT2D eigenvalue weighted by Gasteiger charge is 2.42. The number of esters is 1. The van der Waals surface area contributed by atoms with E-state index in [1.807, 2.05) is 0 Å². The summed E-state index contributed by atoms with van der Waals surface area (Å²) in [6.07, 6.45) is -5.43. The molecule has 3 aromatic carbocycles. The van der Waals surface area contributed by atoms with E-state index in [0.717, 1.165) is 6.07 Å². The maximum Gasteiger partial charge on any atom is 0.491 e. The zero-order chi connectivity index (χ0) is 23.8. The predicted octanol–water partition coefficient (Wildman–Crippen LogP) is 4.70. The number of carbonyl (C=O) groups excluding carboxylic acids is 1. The Balaban J connectivity index is 2.49. The molecule has 0 saturated carbocycles. The van der Waals surface area contributed by atoms with Gasteiger partial charge in [0, 0.05) is 5.56 Å². The van der Waals surface area contributed by atoms with Gasteiger partial charge < -0.3 is 4.74 Å². The third kappa shape index (κ3) is 4.00. The lowest BCUT2D eigenvalue weighted by atomic mass is 9.94. The molecule has 3 rings (SSSR count). The molecule has 0 aromatic heterocycles. The lowest BCUT2D eigenvalue weighted by molar-refractivity contribution is -0.402. The Morgan fingerprint density at radius 3 is 1.88 bits per heavy atom. The van der Waals surface area contributed by atoms with Crippen molar-refractivity contribution in [3.05, 3.63) is 78.9 Å². The van der Waals surface area contributed by atoms with Crippen LogP contribution in [0.3, 0.4) is 0 Å². The Labute approximate surface area is 174 Å². The van der Waals surface area contributed by atoms with Crippen LogP contribution in [0.1, 0.15) is 0 Å². The van der Waals surface area contributed by atoms with Crippen molar-refractivity contribution in [3.8, 4) is 16.9 Å². The highest BCUT2D eigenvalue weighted by Crippen LogP contribution is 2.48. The minimum atomic E-state index is -5.43. The van der Waals surface area contributed by atoms with Gasteiger partial charge in [-0.3, -0.25) is 30.3 Å². The lowest BCUT2D eigenvalue weighted by Gasteiger charge is -2.14. The number of rotatable bonds is 5. The molecule has 0 saturated heterocycles. The van der Waals surface area contributed by atoms with Crippen LogP contribution in [0.4, 0.5) is 30.2 Å². The summed E-state index contributed by atoms with van der Waals surface area (Å²) in [6, 6.07) is 8.63. The minimum absolute atomic E-state index is 0.0278. The Morgan fingerprint density at radius 2 is 1.38 bits per heavy atom. The molecule has 0 spiro atoms. The second-order valence-corrected chi connectivity index (χ2v) is 6.18. The van der Waals surface area contributed by atoms with E-state index >= 15 is 0 Å². The summed E-state index contributed by atoms with van der Waals surface area (Å²) in [4.78, 5) is 42.4. The monoisotopic (exact) mass is 451 g/mol. The lowest BCUT2D eigenvalue weighted by Crippen LogP contribution is -2.28. The molecule has 0 amide bonds. The van der Waals surface area contributed by atoms with Gasteiger partial charge in [-0.1, -0.05) is 30.3 Å². The number of nitrogens with zero attached hydrogens (tertiary/aromatic N) is 3. The first kappa shape index (κ1) is 22.1. The molecule has 0 aliphatic rings. The maximum absolute atomic E-state index is 12.8. The number of nitro groups is 3. The van der Waals surface area contributed by atoms with Crippen LogP contribution in [0.5, 0.6) is 5.75 Å². The van der Waals surface area contributed by atoms with Gasteiger partial charge in [0.1, 0.15) is 11.3 Å². The van der Waals surface area contributed by atoms with Crippen molar-refractivity contribution in [2.45, 2.75) is 6.18 Å². The van der Waals surface area contributed by atoms with Crippen LogP contribution in [0, 0.1) is 30.3 Å². The number of benzene rings is 3. The summed E-state index contributed by atoms with van der Waals surface area (Å²) in [5, 5.41) is 34.7. The van der Waals surface area contributed by atoms with E-state index in [0.29, 0.717) is 12.1 Å². The summed E-state index contributed by atoms with van der Waals surface area (Å²) in [5.74, 6) is -3.52. The van der Waals surface area contributed by atoms with E-state index in [-0.39, 0.29) is 10.8 Å². The minimum Gasteiger partial charge on any atom is -0.419 e. The number of hydrogen-bond donors (Lipinski definition) is 0. The zero-order valence-electron chi connectivity index (χ0n) is 15.4. The van der Waals surface area contributed by atoms with Gasteiger partial charge in [0.15, 0.2) is 0 Å². The number of alkyl halides is 3.